The Morgan fingerprint density at radius 2 is 1.49 bits per heavy atom. The number of aromatic nitrogens is 2. The van der Waals surface area contributed by atoms with Crippen LogP contribution in [0.4, 0.5) is 5.69 Å². The van der Waals surface area contributed by atoms with E-state index in [1.807, 2.05) is 0 Å². The van der Waals surface area contributed by atoms with E-state index in [1.165, 1.54) is 37.7 Å². The Morgan fingerprint density at radius 3 is 2.09 bits per heavy atom. The van der Waals surface area contributed by atoms with Gasteiger partial charge in [0.25, 0.3) is 5.69 Å². The van der Waals surface area contributed by atoms with Gasteiger partial charge in [0.15, 0.2) is 29.7 Å². The molecule has 1 fully saturated rings. The van der Waals surface area contributed by atoms with Crippen LogP contribution in [-0.4, -0.2) is 69.4 Å². The summed E-state index contributed by atoms with van der Waals surface area (Å²) in [6.45, 7) is 4.30. The molecule has 1 saturated heterocycles. The Hall–Kier alpha value is -4.50. The Balaban J connectivity index is 1.81. The van der Waals surface area contributed by atoms with Crippen molar-refractivity contribution < 1.29 is 47.8 Å². The summed E-state index contributed by atoms with van der Waals surface area (Å²) >= 11 is 1.28. The summed E-state index contributed by atoms with van der Waals surface area (Å²) in [5, 5.41) is 11.5. The normalized spacial score (nSPS) is 21.5. The molecular formula is C28H29N3O11S. The summed E-state index contributed by atoms with van der Waals surface area (Å²) in [4.78, 5) is 63.7. The van der Waals surface area contributed by atoms with Crippen LogP contribution < -0.4 is 0 Å². The van der Waals surface area contributed by atoms with E-state index < -0.39 is 59.4 Å². The average Bonchev–Trinajstić information content (AvgIpc) is 3.30. The highest BCUT2D eigenvalue weighted by molar-refractivity contribution is 7.98. The van der Waals surface area contributed by atoms with E-state index in [9.17, 15) is 29.3 Å². The van der Waals surface area contributed by atoms with Gasteiger partial charge in [0.2, 0.25) is 0 Å². The number of imidazole rings is 1. The minimum Gasteiger partial charge on any atom is -0.463 e. The maximum absolute atomic E-state index is 12.3. The molecule has 3 unspecified atom stereocenters. The highest BCUT2D eigenvalue weighted by Gasteiger charge is 2.53. The lowest BCUT2D eigenvalue weighted by atomic mass is 9.97. The predicted octanol–water partition coefficient (Wildman–Crippen LogP) is 3.49. The molecule has 0 bridgehead atoms. The fourth-order valence-electron chi connectivity index (χ4n) is 4.65. The molecule has 3 aromatic rings. The fraction of sp³-hybridized carbons (Fsp3) is 0.393. The van der Waals surface area contributed by atoms with Crippen LogP contribution >= 0.6 is 11.8 Å². The SMILES string of the molecule is CC(=O)OCC1O[C@@H](n2c(SCc3ccc([N+](=O)[O-])cc3)nc3ccccc32)C(OC(C)=O)C(OC(C)=O)[C@@H]1OC(C)=O. The van der Waals surface area contributed by atoms with E-state index in [4.69, 9.17) is 28.7 Å². The van der Waals surface area contributed by atoms with Gasteiger partial charge >= 0.3 is 23.9 Å². The van der Waals surface area contributed by atoms with Crippen LogP contribution in [0.25, 0.3) is 11.0 Å². The van der Waals surface area contributed by atoms with Crippen molar-refractivity contribution in [3.63, 3.8) is 0 Å². The fourth-order valence-corrected chi connectivity index (χ4v) is 5.64. The highest BCUT2D eigenvalue weighted by atomic mass is 32.2. The molecule has 1 aliphatic rings. The number of nitro groups is 1. The molecule has 0 aliphatic carbocycles. The summed E-state index contributed by atoms with van der Waals surface area (Å²) in [5.74, 6) is -2.46. The first kappa shape index (κ1) is 31.4. The maximum Gasteiger partial charge on any atom is 0.303 e. The maximum atomic E-state index is 12.3. The standard InChI is InChI=1S/C28H29N3O11S/c1-15(32)38-13-23-24(39-16(2)33)25(40-17(3)34)26(41-18(4)35)27(42-23)30-22-8-6-5-7-21(22)29-28(30)43-14-19-9-11-20(12-10-19)31(36)37/h5-12,23-27H,13-14H2,1-4H3/t23?,24-,25?,26?,27-/m1/s1. The number of para-hydroxylation sites is 2. The number of nitrogens with zero attached hydrogens (tertiary/aromatic N) is 3. The van der Waals surface area contributed by atoms with Crippen molar-refractivity contribution in [2.75, 3.05) is 6.61 Å². The summed E-state index contributed by atoms with van der Waals surface area (Å²) in [5.41, 5.74) is 1.88. The van der Waals surface area contributed by atoms with Gasteiger partial charge in [0, 0.05) is 45.6 Å². The van der Waals surface area contributed by atoms with Gasteiger partial charge in [-0.25, -0.2) is 4.98 Å². The number of carbonyl (C=O) groups excluding carboxylic acids is 4. The van der Waals surface area contributed by atoms with Crippen LogP contribution in [-0.2, 0) is 48.6 Å². The molecule has 0 N–H and O–H groups in total. The second kappa shape index (κ2) is 13.6. The average molecular weight is 616 g/mol. The van der Waals surface area contributed by atoms with E-state index >= 15 is 0 Å². The number of esters is 4. The van der Waals surface area contributed by atoms with Crippen molar-refractivity contribution in [3.05, 3.63) is 64.2 Å². The number of hydrogen-bond donors (Lipinski definition) is 0. The number of benzene rings is 2. The summed E-state index contributed by atoms with van der Waals surface area (Å²) in [6, 6.07) is 13.2. The number of ether oxygens (including phenoxy) is 5. The third kappa shape index (κ3) is 7.67. The van der Waals surface area contributed by atoms with Crippen LogP contribution in [0.15, 0.2) is 53.7 Å². The third-order valence-corrected chi connectivity index (χ3v) is 7.32. The largest absolute Gasteiger partial charge is 0.463 e. The van der Waals surface area contributed by atoms with Crippen LogP contribution in [0.2, 0.25) is 0 Å². The number of non-ortho nitro benzene ring substituents is 1. The van der Waals surface area contributed by atoms with Crippen molar-refractivity contribution in [1.29, 1.82) is 0 Å². The molecule has 43 heavy (non-hydrogen) atoms. The van der Waals surface area contributed by atoms with E-state index in [-0.39, 0.29) is 12.3 Å². The van der Waals surface area contributed by atoms with E-state index in [0.717, 1.165) is 19.4 Å². The molecular weight excluding hydrogens is 586 g/mol. The molecule has 0 saturated carbocycles. The summed E-state index contributed by atoms with van der Waals surface area (Å²) in [6.07, 6.45) is -6.30. The Morgan fingerprint density at radius 1 is 0.884 bits per heavy atom. The van der Waals surface area contributed by atoms with Crippen LogP contribution in [0.5, 0.6) is 0 Å². The molecule has 2 heterocycles. The van der Waals surface area contributed by atoms with Crippen LogP contribution in [0, 0.1) is 10.1 Å². The van der Waals surface area contributed by atoms with Gasteiger partial charge < -0.3 is 23.7 Å². The van der Waals surface area contributed by atoms with Gasteiger partial charge in [-0.1, -0.05) is 36.0 Å². The molecule has 14 nitrogen and oxygen atoms in total. The van der Waals surface area contributed by atoms with Gasteiger partial charge in [-0.2, -0.15) is 0 Å². The molecule has 228 valence electrons. The minimum atomic E-state index is -1.35. The van der Waals surface area contributed by atoms with Gasteiger partial charge in [-0.05, 0) is 17.7 Å². The zero-order valence-corrected chi connectivity index (χ0v) is 24.5. The zero-order chi connectivity index (χ0) is 31.3. The first-order valence-electron chi connectivity index (χ1n) is 13.1. The highest BCUT2D eigenvalue weighted by Crippen LogP contribution is 2.39. The molecule has 0 radical (unpaired) electrons. The predicted molar refractivity (Wildman–Crippen MR) is 150 cm³/mol. The van der Waals surface area contributed by atoms with Gasteiger partial charge in [-0.15, -0.1) is 0 Å². The summed E-state index contributed by atoms with van der Waals surface area (Å²) in [7, 11) is 0. The number of nitro benzene ring substituents is 1. The molecule has 0 amide bonds. The van der Waals surface area contributed by atoms with E-state index in [1.54, 1.807) is 41.0 Å². The molecule has 5 atom stereocenters. The second-order valence-corrected chi connectivity index (χ2v) is 10.5. The second-order valence-electron chi connectivity index (χ2n) is 9.56. The van der Waals surface area contributed by atoms with Crippen molar-refractivity contribution >= 4 is 52.4 Å². The molecule has 0 spiro atoms. The summed E-state index contributed by atoms with van der Waals surface area (Å²) < 4.78 is 30.0. The van der Waals surface area contributed by atoms with Crippen molar-refractivity contribution in [2.24, 2.45) is 0 Å². The number of rotatable bonds is 10. The van der Waals surface area contributed by atoms with Crippen molar-refractivity contribution in [2.45, 2.75) is 69.2 Å². The van der Waals surface area contributed by atoms with Crippen molar-refractivity contribution in [3.8, 4) is 0 Å². The number of fused-ring (bicyclic) bond motifs is 1. The third-order valence-electron chi connectivity index (χ3n) is 6.30. The van der Waals surface area contributed by atoms with Gasteiger partial charge in [-0.3, -0.25) is 33.9 Å². The van der Waals surface area contributed by atoms with Gasteiger partial charge in [0.05, 0.1) is 16.0 Å². The monoisotopic (exact) mass is 615 g/mol. The smallest absolute Gasteiger partial charge is 0.303 e. The van der Waals surface area contributed by atoms with Gasteiger partial charge in [0.1, 0.15) is 12.7 Å². The van der Waals surface area contributed by atoms with Crippen molar-refractivity contribution in [1.82, 2.24) is 9.55 Å². The Bertz CT molecular complexity index is 1520. The quantitative estimate of drug-likeness (QED) is 0.107. The molecule has 1 aliphatic heterocycles. The van der Waals surface area contributed by atoms with E-state index in [2.05, 4.69) is 0 Å². The number of carbonyl (C=O) groups is 4. The lowest BCUT2D eigenvalue weighted by Gasteiger charge is -2.45. The van der Waals surface area contributed by atoms with Crippen LogP contribution in [0.3, 0.4) is 0 Å². The zero-order valence-electron chi connectivity index (χ0n) is 23.7. The van der Waals surface area contributed by atoms with E-state index in [0.29, 0.717) is 21.9 Å². The molecule has 2 aromatic carbocycles. The first-order valence-corrected chi connectivity index (χ1v) is 14.1. The molecule has 1 aromatic heterocycles. The minimum absolute atomic E-state index is 0.0431. The number of thioether (sulfide) groups is 1. The Labute approximate surface area is 249 Å². The molecule has 15 heteroatoms. The lowest BCUT2D eigenvalue weighted by molar-refractivity contribution is -0.384. The number of hydrogen-bond acceptors (Lipinski definition) is 13. The first-order chi connectivity index (χ1) is 20.4. The lowest BCUT2D eigenvalue weighted by Crippen LogP contribution is -2.60. The van der Waals surface area contributed by atoms with Crippen LogP contribution in [0.1, 0.15) is 39.5 Å². The topological polar surface area (TPSA) is 175 Å². The molecule has 4 rings (SSSR count). The Kier molecular flexibility index (Phi) is 9.98.